The molecule has 246 valence electrons. The second-order valence-corrected chi connectivity index (χ2v) is 13.8. The fraction of sp³-hybridized carbons (Fsp3) is 0.786. The van der Waals surface area contributed by atoms with Gasteiger partial charge in [0.05, 0.1) is 29.9 Å². The van der Waals surface area contributed by atoms with Gasteiger partial charge in [-0.3, -0.25) is 9.59 Å². The van der Waals surface area contributed by atoms with Crippen LogP contribution in [0.25, 0.3) is 0 Å². The van der Waals surface area contributed by atoms with Crippen molar-refractivity contribution in [2.24, 2.45) is 17.8 Å². The molecule has 44 heavy (non-hydrogen) atoms. The molecule has 9 nitrogen and oxygen atoms in total. The number of hydrogen-bond donors (Lipinski definition) is 3. The van der Waals surface area contributed by atoms with Gasteiger partial charge in [-0.15, -0.1) is 0 Å². The number of hydrogen-bond acceptors (Lipinski definition) is 6. The molecule has 4 fully saturated rings. The summed E-state index contributed by atoms with van der Waals surface area (Å²) in [4.78, 5) is 46.0. The number of amides is 4. The van der Waals surface area contributed by atoms with Crippen molar-refractivity contribution in [1.82, 2.24) is 25.4 Å². The Bertz CT molecular complexity index is 1210. The van der Waals surface area contributed by atoms with E-state index in [0.717, 1.165) is 29.1 Å². The highest BCUT2D eigenvalue weighted by Gasteiger charge is 2.52. The van der Waals surface area contributed by atoms with Crippen LogP contribution < -0.4 is 16.0 Å². The third-order valence-corrected chi connectivity index (χ3v) is 10.3. The smallest absolute Gasteiger partial charge is 0.341 e. The second kappa shape index (κ2) is 12.6. The van der Waals surface area contributed by atoms with Crippen LogP contribution in [0.2, 0.25) is 0 Å². The molecule has 0 aromatic carbocycles. The van der Waals surface area contributed by atoms with Crippen molar-refractivity contribution in [2.75, 3.05) is 38.0 Å². The van der Waals surface area contributed by atoms with E-state index in [1.54, 1.807) is 4.90 Å². The third-order valence-electron chi connectivity index (χ3n) is 9.30. The summed E-state index contributed by atoms with van der Waals surface area (Å²) in [6.45, 7) is 0.541. The fourth-order valence-electron chi connectivity index (χ4n) is 6.27. The van der Waals surface area contributed by atoms with E-state index >= 15 is 0 Å². The molecule has 1 aromatic heterocycles. The molecule has 0 unspecified atom stereocenters. The van der Waals surface area contributed by atoms with E-state index < -0.39 is 66.7 Å². The number of nitrogens with one attached hydrogen (secondary N) is 3. The van der Waals surface area contributed by atoms with E-state index in [2.05, 4.69) is 27.9 Å². The number of anilines is 1. The predicted octanol–water partition coefficient (Wildman–Crippen LogP) is 4.87. The maximum absolute atomic E-state index is 14.5. The Hall–Kier alpha value is -2.62. The number of urea groups is 1. The van der Waals surface area contributed by atoms with E-state index in [4.69, 9.17) is 0 Å². The Labute approximate surface area is 255 Å². The van der Waals surface area contributed by atoms with E-state index in [0.29, 0.717) is 23.6 Å². The highest BCUT2D eigenvalue weighted by molar-refractivity contribution is 7.15. The van der Waals surface area contributed by atoms with Crippen LogP contribution in [-0.4, -0.2) is 89.2 Å². The topological polar surface area (TPSA) is 107 Å². The average molecular weight is 653 g/mol. The standard InChI is InChI=1S/C28H38F6N6O3S/c1-16-2-4-17(5-3-16)21(37-23(42)26(29)8-9-26)22(41)38-24-35-12-20(44-24)19(40-15-27(30,31)14-36-25(40)43)13-39-10-6-18(7-11-39)28(32,33)34/h12,16-19,21H,2-11,13-15H2,1H3,(H,36,43)(H,37,42)(H,35,38,41)/t16?,17?,19-,21+/m1/s1. The van der Waals surface area contributed by atoms with Crippen LogP contribution in [0.5, 0.6) is 0 Å². The van der Waals surface area contributed by atoms with E-state index in [9.17, 15) is 40.7 Å². The average Bonchev–Trinajstić information content (AvgIpc) is 3.56. The number of nitrogens with zero attached hydrogens (tertiary/aromatic N) is 3. The van der Waals surface area contributed by atoms with Crippen molar-refractivity contribution < 1.29 is 40.7 Å². The molecule has 2 atom stereocenters. The lowest BCUT2D eigenvalue weighted by molar-refractivity contribution is -0.185. The van der Waals surface area contributed by atoms with Crippen LogP contribution in [0.1, 0.15) is 69.2 Å². The first kappa shape index (κ1) is 32.8. The molecule has 2 saturated heterocycles. The number of thiazole rings is 1. The Balaban J connectivity index is 1.32. The summed E-state index contributed by atoms with van der Waals surface area (Å²) < 4.78 is 82.9. The van der Waals surface area contributed by atoms with Crippen LogP contribution in [0.3, 0.4) is 0 Å². The largest absolute Gasteiger partial charge is 0.391 e. The van der Waals surface area contributed by atoms with Gasteiger partial charge in [0.25, 0.3) is 11.8 Å². The minimum atomic E-state index is -4.32. The number of rotatable bonds is 9. The van der Waals surface area contributed by atoms with Crippen LogP contribution in [0.15, 0.2) is 6.20 Å². The number of likely N-dealkylation sites (tertiary alicyclic amines) is 1. The van der Waals surface area contributed by atoms with Gasteiger partial charge >= 0.3 is 12.2 Å². The van der Waals surface area contributed by atoms with Crippen LogP contribution in [0.4, 0.5) is 36.3 Å². The molecule has 0 radical (unpaired) electrons. The number of carbonyl (C=O) groups is 3. The molecule has 0 bridgehead atoms. The normalized spacial score (nSPS) is 27.2. The lowest BCUT2D eigenvalue weighted by Crippen LogP contribution is -2.59. The highest BCUT2D eigenvalue weighted by atomic mass is 32.1. The maximum atomic E-state index is 14.5. The molecule has 4 amide bonds. The minimum Gasteiger partial charge on any atom is -0.341 e. The molecular formula is C28H38F6N6O3S. The first-order valence-electron chi connectivity index (χ1n) is 15.1. The molecule has 2 aliphatic heterocycles. The lowest BCUT2D eigenvalue weighted by atomic mass is 9.79. The quantitative estimate of drug-likeness (QED) is 0.330. The van der Waals surface area contributed by atoms with Gasteiger partial charge < -0.3 is 25.8 Å². The Morgan fingerprint density at radius 3 is 2.39 bits per heavy atom. The fourth-order valence-corrected chi connectivity index (χ4v) is 7.19. The molecule has 1 aromatic rings. The highest BCUT2D eigenvalue weighted by Crippen LogP contribution is 2.41. The number of halogens is 6. The second-order valence-electron chi connectivity index (χ2n) is 12.8. The molecular weight excluding hydrogens is 614 g/mol. The van der Waals surface area contributed by atoms with Crippen molar-refractivity contribution in [2.45, 2.75) is 88.1 Å². The summed E-state index contributed by atoms with van der Waals surface area (Å²) >= 11 is 0.957. The molecule has 0 spiro atoms. The number of aromatic nitrogens is 1. The van der Waals surface area contributed by atoms with Crippen molar-refractivity contribution in [3.05, 3.63) is 11.1 Å². The van der Waals surface area contributed by atoms with Gasteiger partial charge in [0.2, 0.25) is 5.91 Å². The summed E-state index contributed by atoms with van der Waals surface area (Å²) in [7, 11) is 0. The molecule has 4 aliphatic rings. The van der Waals surface area contributed by atoms with Crippen molar-refractivity contribution in [1.29, 1.82) is 0 Å². The predicted molar refractivity (Wildman–Crippen MR) is 150 cm³/mol. The summed E-state index contributed by atoms with van der Waals surface area (Å²) in [6.07, 6.45) is 0.0120. The minimum absolute atomic E-state index is 0.00117. The Morgan fingerprint density at radius 1 is 1.11 bits per heavy atom. The summed E-state index contributed by atoms with van der Waals surface area (Å²) in [5, 5.41) is 7.57. The van der Waals surface area contributed by atoms with Crippen LogP contribution >= 0.6 is 11.3 Å². The van der Waals surface area contributed by atoms with Gasteiger partial charge in [-0.2, -0.15) is 13.2 Å². The summed E-state index contributed by atoms with van der Waals surface area (Å²) in [5.74, 6) is -5.80. The van der Waals surface area contributed by atoms with Crippen LogP contribution in [0, 0.1) is 17.8 Å². The molecule has 3 heterocycles. The van der Waals surface area contributed by atoms with Crippen molar-refractivity contribution >= 4 is 34.3 Å². The van der Waals surface area contributed by atoms with Crippen molar-refractivity contribution in [3.63, 3.8) is 0 Å². The van der Waals surface area contributed by atoms with Gasteiger partial charge in [-0.1, -0.05) is 31.1 Å². The molecule has 3 N–H and O–H groups in total. The van der Waals surface area contributed by atoms with E-state index in [1.165, 1.54) is 6.20 Å². The van der Waals surface area contributed by atoms with E-state index in [1.807, 2.05) is 0 Å². The van der Waals surface area contributed by atoms with Gasteiger partial charge in [0.15, 0.2) is 10.8 Å². The number of carbonyl (C=O) groups excluding carboxylic acids is 3. The summed E-state index contributed by atoms with van der Waals surface area (Å²) in [5.41, 5.74) is -1.96. The van der Waals surface area contributed by atoms with Gasteiger partial charge in [-0.05, 0) is 63.5 Å². The molecule has 2 aliphatic carbocycles. The molecule has 2 saturated carbocycles. The summed E-state index contributed by atoms with van der Waals surface area (Å²) in [6, 6.07) is -2.70. The SMILES string of the molecule is CC1CCC([C@H](NC(=O)C2(F)CC2)C(=O)Nc2ncc([C@@H](CN3CCC(C(F)(F)F)CC3)N3CC(F)(F)CNC3=O)s2)CC1. The zero-order valence-electron chi connectivity index (χ0n) is 24.4. The Kier molecular flexibility index (Phi) is 9.41. The van der Waals surface area contributed by atoms with Gasteiger partial charge in [0, 0.05) is 12.7 Å². The monoisotopic (exact) mass is 652 g/mol. The van der Waals surface area contributed by atoms with Crippen molar-refractivity contribution in [3.8, 4) is 0 Å². The maximum Gasteiger partial charge on any atom is 0.391 e. The zero-order valence-corrected chi connectivity index (χ0v) is 25.2. The zero-order chi connectivity index (χ0) is 31.9. The molecule has 16 heteroatoms. The van der Waals surface area contributed by atoms with Gasteiger partial charge in [0.1, 0.15) is 6.04 Å². The lowest BCUT2D eigenvalue weighted by Gasteiger charge is -2.41. The van der Waals surface area contributed by atoms with Crippen LogP contribution in [-0.2, 0) is 9.59 Å². The molecule has 5 rings (SSSR count). The number of piperidine rings is 1. The third kappa shape index (κ3) is 7.77. The first-order chi connectivity index (χ1) is 20.6. The first-order valence-corrected chi connectivity index (χ1v) is 15.9. The Morgan fingerprint density at radius 2 is 1.77 bits per heavy atom. The number of alkyl halides is 6. The van der Waals surface area contributed by atoms with E-state index in [-0.39, 0.29) is 56.4 Å². The van der Waals surface area contributed by atoms with Gasteiger partial charge in [-0.25, -0.2) is 22.9 Å².